The normalized spacial score (nSPS) is 10.4. The van der Waals surface area contributed by atoms with Crippen molar-refractivity contribution in [3.63, 3.8) is 0 Å². The minimum absolute atomic E-state index is 0.316. The third-order valence-electron chi connectivity index (χ3n) is 2.79. The van der Waals surface area contributed by atoms with Crippen LogP contribution in [0, 0.1) is 0 Å². The van der Waals surface area contributed by atoms with Crippen LogP contribution < -0.4 is 10.2 Å². The zero-order valence-electron chi connectivity index (χ0n) is 12.4. The summed E-state index contributed by atoms with van der Waals surface area (Å²) < 4.78 is 5.04. The topological polar surface area (TPSA) is 64.6 Å². The predicted octanol–water partition coefficient (Wildman–Crippen LogP) is 2.86. The number of methoxy groups -OCH3 is 1. The van der Waals surface area contributed by atoms with E-state index in [4.69, 9.17) is 4.74 Å². The summed E-state index contributed by atoms with van der Waals surface area (Å²) in [7, 11) is 1.59. The van der Waals surface area contributed by atoms with Crippen molar-refractivity contribution in [3.05, 3.63) is 35.9 Å². The van der Waals surface area contributed by atoms with Crippen LogP contribution >= 0.6 is 0 Å². The molecule has 1 aromatic carbocycles. The summed E-state index contributed by atoms with van der Waals surface area (Å²) in [6.07, 6.45) is 6.02. The molecule has 0 saturated carbocycles. The quantitative estimate of drug-likeness (QED) is 0.476. The molecule has 0 aliphatic heterocycles. The fraction of sp³-hybridized carbons (Fsp3) is 0.375. The van der Waals surface area contributed by atoms with E-state index in [1.54, 1.807) is 25.3 Å². The van der Waals surface area contributed by atoms with Gasteiger partial charge in [-0.2, -0.15) is 5.48 Å². The van der Waals surface area contributed by atoms with Crippen LogP contribution in [0.3, 0.4) is 0 Å². The maximum absolute atomic E-state index is 11.5. The Morgan fingerprint density at radius 3 is 2.52 bits per heavy atom. The monoisotopic (exact) mass is 291 g/mol. The van der Waals surface area contributed by atoms with Crippen molar-refractivity contribution in [1.29, 1.82) is 0 Å². The lowest BCUT2D eigenvalue weighted by molar-refractivity contribution is -0.156. The Kier molecular flexibility index (Phi) is 7.64. The molecule has 0 fully saturated rings. The summed E-state index contributed by atoms with van der Waals surface area (Å²) in [4.78, 5) is 27.4. The Morgan fingerprint density at radius 1 is 1.19 bits per heavy atom. The second-order valence-corrected chi connectivity index (χ2v) is 4.50. The minimum atomic E-state index is -0.477. The van der Waals surface area contributed by atoms with E-state index in [-0.39, 0.29) is 0 Å². The summed E-state index contributed by atoms with van der Waals surface area (Å²) in [5.74, 6) is -0.151. The molecule has 0 atom stereocenters. The lowest BCUT2D eigenvalue weighted by Crippen LogP contribution is -2.25. The fourth-order valence-electron chi connectivity index (χ4n) is 1.60. The van der Waals surface area contributed by atoms with E-state index < -0.39 is 11.9 Å². The number of carbonyl (C=O) groups excluding carboxylic acids is 2. The molecule has 0 aliphatic carbocycles. The van der Waals surface area contributed by atoms with Gasteiger partial charge < -0.3 is 9.57 Å². The van der Waals surface area contributed by atoms with Crippen LogP contribution in [0.1, 0.15) is 38.2 Å². The van der Waals surface area contributed by atoms with E-state index in [1.165, 1.54) is 6.08 Å². The van der Waals surface area contributed by atoms with Gasteiger partial charge in [-0.25, -0.2) is 4.79 Å². The van der Waals surface area contributed by atoms with Crippen molar-refractivity contribution >= 4 is 18.0 Å². The van der Waals surface area contributed by atoms with Gasteiger partial charge in [0.1, 0.15) is 5.75 Å². The Bertz CT molecular complexity index is 480. The van der Waals surface area contributed by atoms with E-state index in [0.717, 1.165) is 30.6 Å². The molecular weight excluding hydrogens is 270 g/mol. The zero-order chi connectivity index (χ0) is 15.5. The molecule has 0 heterocycles. The first-order chi connectivity index (χ1) is 10.2. The number of benzene rings is 1. The van der Waals surface area contributed by atoms with Crippen LogP contribution in [0.2, 0.25) is 0 Å². The SMILES string of the molecule is CCCCCC(=O)ONC(=O)/C=C/c1ccc(OC)cc1. The van der Waals surface area contributed by atoms with Crippen molar-refractivity contribution < 1.29 is 19.2 Å². The van der Waals surface area contributed by atoms with Gasteiger partial charge in [0.2, 0.25) is 0 Å². The van der Waals surface area contributed by atoms with E-state index >= 15 is 0 Å². The number of amides is 1. The molecule has 0 aromatic heterocycles. The zero-order valence-corrected chi connectivity index (χ0v) is 12.4. The first kappa shape index (κ1) is 16.8. The number of unbranched alkanes of at least 4 members (excludes halogenated alkanes) is 2. The highest BCUT2D eigenvalue weighted by Crippen LogP contribution is 2.12. The second kappa shape index (κ2) is 9.58. The van der Waals surface area contributed by atoms with Gasteiger partial charge in [-0.15, -0.1) is 0 Å². The summed E-state index contributed by atoms with van der Waals surface area (Å²) in [5.41, 5.74) is 2.95. The van der Waals surface area contributed by atoms with Crippen LogP contribution in [-0.2, 0) is 14.4 Å². The summed E-state index contributed by atoms with van der Waals surface area (Å²) in [6.45, 7) is 2.05. The van der Waals surface area contributed by atoms with Gasteiger partial charge >= 0.3 is 5.97 Å². The van der Waals surface area contributed by atoms with Crippen molar-refractivity contribution in [1.82, 2.24) is 5.48 Å². The predicted molar refractivity (Wildman–Crippen MR) is 80.4 cm³/mol. The maximum atomic E-state index is 11.5. The van der Waals surface area contributed by atoms with Crippen molar-refractivity contribution in [3.8, 4) is 5.75 Å². The lowest BCUT2D eigenvalue weighted by atomic mass is 10.2. The molecular formula is C16H21NO4. The van der Waals surface area contributed by atoms with Gasteiger partial charge in [-0.05, 0) is 30.2 Å². The minimum Gasteiger partial charge on any atom is -0.497 e. The first-order valence-corrected chi connectivity index (χ1v) is 6.97. The Labute approximate surface area is 124 Å². The number of hydrogen-bond acceptors (Lipinski definition) is 4. The van der Waals surface area contributed by atoms with E-state index in [1.807, 2.05) is 12.1 Å². The summed E-state index contributed by atoms with van der Waals surface area (Å²) in [5, 5.41) is 0. The molecule has 1 rings (SSSR count). The number of rotatable bonds is 7. The number of hydrogen-bond donors (Lipinski definition) is 1. The highest BCUT2D eigenvalue weighted by molar-refractivity contribution is 5.91. The van der Waals surface area contributed by atoms with E-state index in [0.29, 0.717) is 6.42 Å². The average molecular weight is 291 g/mol. The smallest absolute Gasteiger partial charge is 0.332 e. The molecule has 5 heteroatoms. The number of carbonyl (C=O) groups is 2. The number of ether oxygens (including phenoxy) is 1. The number of hydroxylamine groups is 1. The van der Waals surface area contributed by atoms with Gasteiger partial charge in [0.15, 0.2) is 0 Å². The molecule has 114 valence electrons. The molecule has 0 saturated heterocycles. The van der Waals surface area contributed by atoms with Gasteiger partial charge in [-0.3, -0.25) is 4.79 Å². The van der Waals surface area contributed by atoms with Gasteiger partial charge in [0.25, 0.3) is 5.91 Å². The third-order valence-corrected chi connectivity index (χ3v) is 2.79. The van der Waals surface area contributed by atoms with Crippen molar-refractivity contribution in [2.24, 2.45) is 0 Å². The third kappa shape index (κ3) is 7.15. The molecule has 0 bridgehead atoms. The largest absolute Gasteiger partial charge is 0.497 e. The molecule has 0 unspecified atom stereocenters. The van der Waals surface area contributed by atoms with Crippen molar-refractivity contribution in [2.75, 3.05) is 7.11 Å². The Morgan fingerprint density at radius 2 is 1.90 bits per heavy atom. The second-order valence-electron chi connectivity index (χ2n) is 4.50. The van der Waals surface area contributed by atoms with Gasteiger partial charge in [0, 0.05) is 12.5 Å². The summed E-state index contributed by atoms with van der Waals surface area (Å²) >= 11 is 0. The lowest BCUT2D eigenvalue weighted by Gasteiger charge is -2.03. The van der Waals surface area contributed by atoms with Gasteiger partial charge in [-0.1, -0.05) is 31.9 Å². The molecule has 5 nitrogen and oxygen atoms in total. The summed E-state index contributed by atoms with van der Waals surface area (Å²) in [6, 6.07) is 7.23. The molecule has 1 amide bonds. The Balaban J connectivity index is 2.32. The Hall–Kier alpha value is -2.30. The van der Waals surface area contributed by atoms with Crippen LogP contribution in [0.4, 0.5) is 0 Å². The fourth-order valence-corrected chi connectivity index (χ4v) is 1.60. The molecule has 1 aromatic rings. The highest BCUT2D eigenvalue weighted by atomic mass is 16.7. The number of nitrogens with one attached hydrogen (secondary N) is 1. The van der Waals surface area contributed by atoms with Crippen molar-refractivity contribution in [2.45, 2.75) is 32.6 Å². The van der Waals surface area contributed by atoms with Crippen LogP contribution in [0.25, 0.3) is 6.08 Å². The molecule has 21 heavy (non-hydrogen) atoms. The highest BCUT2D eigenvalue weighted by Gasteiger charge is 2.04. The molecule has 0 aliphatic rings. The molecule has 0 spiro atoms. The first-order valence-electron chi connectivity index (χ1n) is 6.97. The van der Waals surface area contributed by atoms with Gasteiger partial charge in [0.05, 0.1) is 7.11 Å². The van der Waals surface area contributed by atoms with Crippen LogP contribution in [0.5, 0.6) is 5.75 Å². The standard InChI is InChI=1S/C16H21NO4/c1-3-4-5-6-16(19)21-17-15(18)12-9-13-7-10-14(20-2)11-8-13/h7-12H,3-6H2,1-2H3,(H,17,18)/b12-9+. The van der Waals surface area contributed by atoms with Crippen LogP contribution in [0.15, 0.2) is 30.3 Å². The van der Waals surface area contributed by atoms with E-state index in [2.05, 4.69) is 17.2 Å². The average Bonchev–Trinajstić information content (AvgIpc) is 2.51. The van der Waals surface area contributed by atoms with Crippen LogP contribution in [-0.4, -0.2) is 19.0 Å². The molecule has 1 N–H and O–H groups in total. The van der Waals surface area contributed by atoms with E-state index in [9.17, 15) is 9.59 Å². The maximum Gasteiger partial charge on any atom is 0.332 e. The molecule has 0 radical (unpaired) electrons.